The van der Waals surface area contributed by atoms with Crippen LogP contribution >= 0.6 is 11.6 Å². The summed E-state index contributed by atoms with van der Waals surface area (Å²) in [6, 6.07) is 12.8. The van der Waals surface area contributed by atoms with Crippen molar-refractivity contribution in [2.45, 2.75) is 12.6 Å². The van der Waals surface area contributed by atoms with Gasteiger partial charge in [0.2, 0.25) is 5.91 Å². The third-order valence-electron chi connectivity index (χ3n) is 2.94. The summed E-state index contributed by atoms with van der Waals surface area (Å²) in [4.78, 5) is 16.0. The molecular weight excluding hydrogens is 274 g/mol. The number of benzene rings is 1. The third-order valence-corrected chi connectivity index (χ3v) is 3.16. The van der Waals surface area contributed by atoms with Crippen LogP contribution in [0, 0.1) is 0 Å². The molecule has 2 aromatic rings. The maximum absolute atomic E-state index is 12.0. The molecule has 0 aliphatic carbocycles. The van der Waals surface area contributed by atoms with E-state index in [1.54, 1.807) is 19.3 Å². The standard InChI is InChI=1S/C15H16ClN3O/c1-17-15(20)14(12-5-3-2-4-6-12)19-10-11-7-8-13(16)18-9-11/h2-9,14,19H,10H2,1H3,(H,17,20)/t14-/m0/s1. The van der Waals surface area contributed by atoms with Crippen LogP contribution in [0.1, 0.15) is 17.2 Å². The fourth-order valence-corrected chi connectivity index (χ4v) is 1.99. The molecule has 5 heteroatoms. The Hall–Kier alpha value is -1.91. The molecule has 0 unspecified atom stereocenters. The zero-order valence-electron chi connectivity index (χ0n) is 11.1. The van der Waals surface area contributed by atoms with Gasteiger partial charge in [-0.25, -0.2) is 4.98 Å². The molecule has 20 heavy (non-hydrogen) atoms. The third kappa shape index (κ3) is 3.79. The van der Waals surface area contributed by atoms with Gasteiger partial charge in [0.25, 0.3) is 0 Å². The molecule has 1 aromatic carbocycles. The highest BCUT2D eigenvalue weighted by Crippen LogP contribution is 2.14. The van der Waals surface area contributed by atoms with Crippen LogP contribution in [0.4, 0.5) is 0 Å². The van der Waals surface area contributed by atoms with Gasteiger partial charge in [-0.3, -0.25) is 10.1 Å². The maximum atomic E-state index is 12.0. The number of carbonyl (C=O) groups is 1. The van der Waals surface area contributed by atoms with Crippen molar-refractivity contribution < 1.29 is 4.79 Å². The Balaban J connectivity index is 2.09. The first-order chi connectivity index (χ1) is 9.70. The van der Waals surface area contributed by atoms with Crippen LogP contribution < -0.4 is 10.6 Å². The number of pyridine rings is 1. The van der Waals surface area contributed by atoms with E-state index in [0.717, 1.165) is 11.1 Å². The van der Waals surface area contributed by atoms with Crippen molar-refractivity contribution in [3.05, 3.63) is 64.9 Å². The molecule has 2 N–H and O–H groups in total. The number of nitrogens with zero attached hydrogens (tertiary/aromatic N) is 1. The second-order valence-corrected chi connectivity index (χ2v) is 4.72. The quantitative estimate of drug-likeness (QED) is 0.831. The summed E-state index contributed by atoms with van der Waals surface area (Å²) >= 11 is 5.75. The molecule has 0 fully saturated rings. The van der Waals surface area contributed by atoms with Gasteiger partial charge in [-0.2, -0.15) is 0 Å². The van der Waals surface area contributed by atoms with Crippen molar-refractivity contribution in [3.8, 4) is 0 Å². The molecule has 1 heterocycles. The number of rotatable bonds is 5. The minimum Gasteiger partial charge on any atom is -0.358 e. The zero-order valence-corrected chi connectivity index (χ0v) is 11.9. The van der Waals surface area contributed by atoms with Crippen LogP contribution in [0.25, 0.3) is 0 Å². The Morgan fingerprint density at radius 1 is 1.25 bits per heavy atom. The van der Waals surface area contributed by atoms with Crippen molar-refractivity contribution >= 4 is 17.5 Å². The van der Waals surface area contributed by atoms with E-state index in [0.29, 0.717) is 11.7 Å². The number of carbonyl (C=O) groups excluding carboxylic acids is 1. The normalized spacial score (nSPS) is 11.9. The number of nitrogens with one attached hydrogen (secondary N) is 2. The van der Waals surface area contributed by atoms with E-state index in [-0.39, 0.29) is 5.91 Å². The SMILES string of the molecule is CNC(=O)[C@@H](NCc1ccc(Cl)nc1)c1ccccc1. The van der Waals surface area contributed by atoms with Gasteiger partial charge < -0.3 is 5.32 Å². The predicted molar refractivity (Wildman–Crippen MR) is 79.3 cm³/mol. The van der Waals surface area contributed by atoms with E-state index >= 15 is 0 Å². The number of likely N-dealkylation sites (N-methyl/N-ethyl adjacent to an activating group) is 1. The Morgan fingerprint density at radius 3 is 2.60 bits per heavy atom. The summed E-state index contributed by atoms with van der Waals surface area (Å²) in [5, 5.41) is 6.36. The largest absolute Gasteiger partial charge is 0.358 e. The van der Waals surface area contributed by atoms with Crippen LogP contribution in [0.2, 0.25) is 5.15 Å². The molecule has 0 saturated carbocycles. The number of hydrogen-bond acceptors (Lipinski definition) is 3. The first kappa shape index (κ1) is 14.5. The lowest BCUT2D eigenvalue weighted by Crippen LogP contribution is -2.35. The fraction of sp³-hybridized carbons (Fsp3) is 0.200. The van der Waals surface area contributed by atoms with Crippen LogP contribution in [-0.4, -0.2) is 17.9 Å². The van der Waals surface area contributed by atoms with Gasteiger partial charge in [-0.15, -0.1) is 0 Å². The molecule has 1 amide bonds. The van der Waals surface area contributed by atoms with Crippen molar-refractivity contribution in [3.63, 3.8) is 0 Å². The van der Waals surface area contributed by atoms with Gasteiger partial charge in [0.05, 0.1) is 0 Å². The first-order valence-corrected chi connectivity index (χ1v) is 6.69. The van der Waals surface area contributed by atoms with Crippen molar-refractivity contribution in [2.24, 2.45) is 0 Å². The first-order valence-electron chi connectivity index (χ1n) is 6.31. The van der Waals surface area contributed by atoms with E-state index in [4.69, 9.17) is 11.6 Å². The molecule has 104 valence electrons. The summed E-state index contributed by atoms with van der Waals surface area (Å²) in [5.41, 5.74) is 1.90. The minimum absolute atomic E-state index is 0.0712. The summed E-state index contributed by atoms with van der Waals surface area (Å²) in [6.07, 6.45) is 1.70. The number of aromatic nitrogens is 1. The molecule has 2 rings (SSSR count). The summed E-state index contributed by atoms with van der Waals surface area (Å²) in [5.74, 6) is -0.0712. The Kier molecular flexibility index (Phi) is 5.09. The van der Waals surface area contributed by atoms with Gasteiger partial charge >= 0.3 is 0 Å². The maximum Gasteiger partial charge on any atom is 0.241 e. The van der Waals surface area contributed by atoms with Gasteiger partial charge in [0, 0.05) is 19.8 Å². The summed E-state index contributed by atoms with van der Waals surface area (Å²) < 4.78 is 0. The molecule has 0 aliphatic rings. The van der Waals surface area contributed by atoms with E-state index < -0.39 is 6.04 Å². The highest BCUT2D eigenvalue weighted by Gasteiger charge is 2.18. The minimum atomic E-state index is -0.392. The van der Waals surface area contributed by atoms with E-state index in [9.17, 15) is 4.79 Å². The lowest BCUT2D eigenvalue weighted by atomic mass is 10.1. The average molecular weight is 290 g/mol. The van der Waals surface area contributed by atoms with Gasteiger partial charge in [0.1, 0.15) is 11.2 Å². The molecule has 0 spiro atoms. The molecule has 0 saturated heterocycles. The van der Waals surface area contributed by atoms with E-state index in [1.807, 2.05) is 36.4 Å². The molecular formula is C15H16ClN3O. The number of hydrogen-bond donors (Lipinski definition) is 2. The van der Waals surface area contributed by atoms with Crippen LogP contribution in [0.15, 0.2) is 48.7 Å². The lowest BCUT2D eigenvalue weighted by molar-refractivity contribution is -0.122. The van der Waals surface area contributed by atoms with Crippen molar-refractivity contribution in [1.29, 1.82) is 0 Å². The van der Waals surface area contributed by atoms with E-state index in [2.05, 4.69) is 15.6 Å². The van der Waals surface area contributed by atoms with Crippen LogP contribution in [0.3, 0.4) is 0 Å². The van der Waals surface area contributed by atoms with Gasteiger partial charge in [-0.05, 0) is 17.2 Å². The highest BCUT2D eigenvalue weighted by molar-refractivity contribution is 6.29. The van der Waals surface area contributed by atoms with Gasteiger partial charge in [0.15, 0.2) is 0 Å². The summed E-state index contributed by atoms with van der Waals surface area (Å²) in [7, 11) is 1.63. The second kappa shape index (κ2) is 7.03. The summed E-state index contributed by atoms with van der Waals surface area (Å²) in [6.45, 7) is 0.539. The highest BCUT2D eigenvalue weighted by atomic mass is 35.5. The number of halogens is 1. The average Bonchev–Trinajstić information content (AvgIpc) is 2.50. The monoisotopic (exact) mass is 289 g/mol. The van der Waals surface area contributed by atoms with Gasteiger partial charge in [-0.1, -0.05) is 48.0 Å². The molecule has 1 atom stereocenters. The smallest absolute Gasteiger partial charge is 0.241 e. The van der Waals surface area contributed by atoms with Crippen LogP contribution in [0.5, 0.6) is 0 Å². The molecule has 1 aromatic heterocycles. The molecule has 0 bridgehead atoms. The van der Waals surface area contributed by atoms with Crippen molar-refractivity contribution in [2.75, 3.05) is 7.05 Å². The molecule has 0 aliphatic heterocycles. The fourth-order valence-electron chi connectivity index (χ4n) is 1.88. The number of amides is 1. The Labute approximate surface area is 123 Å². The van der Waals surface area contributed by atoms with E-state index in [1.165, 1.54) is 0 Å². The zero-order chi connectivity index (χ0) is 14.4. The molecule has 4 nitrogen and oxygen atoms in total. The van der Waals surface area contributed by atoms with Crippen LogP contribution in [-0.2, 0) is 11.3 Å². The topological polar surface area (TPSA) is 54.0 Å². The van der Waals surface area contributed by atoms with Crippen molar-refractivity contribution in [1.82, 2.24) is 15.6 Å². The predicted octanol–water partition coefficient (Wildman–Crippen LogP) is 2.31. The lowest BCUT2D eigenvalue weighted by Gasteiger charge is -2.17. The Morgan fingerprint density at radius 2 is 2.00 bits per heavy atom. The molecule has 0 radical (unpaired) electrons. The Bertz CT molecular complexity index is 557. The second-order valence-electron chi connectivity index (χ2n) is 4.33.